The van der Waals surface area contributed by atoms with Gasteiger partial charge in [-0.3, -0.25) is 9.69 Å². The molecule has 128 valence electrons. The van der Waals surface area contributed by atoms with Crippen LogP contribution < -0.4 is 0 Å². The Morgan fingerprint density at radius 1 is 1.35 bits per heavy atom. The number of amides is 1. The van der Waals surface area contributed by atoms with Crippen LogP contribution in [-0.4, -0.2) is 70.7 Å². The van der Waals surface area contributed by atoms with Crippen molar-refractivity contribution in [1.29, 1.82) is 0 Å². The summed E-state index contributed by atoms with van der Waals surface area (Å²) in [6.07, 6.45) is 7.82. The Balaban J connectivity index is 1.47. The highest BCUT2D eigenvalue weighted by Gasteiger charge is 2.38. The number of likely N-dealkylation sites (tertiary alicyclic amines) is 1. The molecule has 0 aliphatic carbocycles. The molecule has 1 amide bonds. The zero-order valence-electron chi connectivity index (χ0n) is 14.3. The van der Waals surface area contributed by atoms with Crippen molar-refractivity contribution in [3.63, 3.8) is 0 Å². The van der Waals surface area contributed by atoms with Gasteiger partial charge >= 0.3 is 0 Å². The molecule has 2 aliphatic heterocycles. The molecule has 0 saturated carbocycles. The van der Waals surface area contributed by atoms with Crippen molar-refractivity contribution in [2.24, 2.45) is 0 Å². The number of hydrogen-bond donors (Lipinski definition) is 0. The van der Waals surface area contributed by atoms with Crippen LogP contribution in [-0.2, 0) is 16.1 Å². The Kier molecular flexibility index (Phi) is 5.33. The third kappa shape index (κ3) is 3.75. The number of ether oxygens (including phenoxy) is 1. The van der Waals surface area contributed by atoms with Gasteiger partial charge in [0.1, 0.15) is 5.82 Å². The number of carbonyl (C=O) groups excluding carboxylic acids is 1. The fraction of sp³-hybridized carbons (Fsp3) is 0.765. The molecule has 6 nitrogen and oxygen atoms in total. The number of aryl methyl sites for hydroxylation is 2. The molecule has 1 unspecified atom stereocenters. The zero-order chi connectivity index (χ0) is 16.2. The summed E-state index contributed by atoms with van der Waals surface area (Å²) in [4.78, 5) is 21.3. The second-order valence-electron chi connectivity index (χ2n) is 6.68. The topological polar surface area (TPSA) is 50.6 Å². The average molecular weight is 320 g/mol. The van der Waals surface area contributed by atoms with E-state index in [2.05, 4.69) is 26.4 Å². The fourth-order valence-corrected chi connectivity index (χ4v) is 3.74. The lowest BCUT2D eigenvalue weighted by molar-refractivity contribution is -0.135. The molecule has 0 aromatic carbocycles. The minimum absolute atomic E-state index is 0.0572. The van der Waals surface area contributed by atoms with Crippen molar-refractivity contribution in [3.8, 4) is 0 Å². The van der Waals surface area contributed by atoms with Crippen LogP contribution in [0.15, 0.2) is 12.4 Å². The Bertz CT molecular complexity index is 524. The Morgan fingerprint density at radius 2 is 2.13 bits per heavy atom. The number of imidazole rings is 1. The molecule has 0 radical (unpaired) electrons. The van der Waals surface area contributed by atoms with E-state index in [4.69, 9.17) is 4.74 Å². The summed E-state index contributed by atoms with van der Waals surface area (Å²) in [5, 5.41) is 0. The molecule has 0 N–H and O–H groups in total. The maximum atomic E-state index is 12.7. The van der Waals surface area contributed by atoms with E-state index >= 15 is 0 Å². The van der Waals surface area contributed by atoms with Crippen LogP contribution in [0, 0.1) is 6.92 Å². The molecule has 2 aliphatic rings. The summed E-state index contributed by atoms with van der Waals surface area (Å²) < 4.78 is 7.58. The highest BCUT2D eigenvalue weighted by molar-refractivity contribution is 5.84. The summed E-state index contributed by atoms with van der Waals surface area (Å²) in [6.45, 7) is 6.41. The van der Waals surface area contributed by atoms with Gasteiger partial charge in [0.25, 0.3) is 0 Å². The van der Waals surface area contributed by atoms with Crippen LogP contribution in [0.3, 0.4) is 0 Å². The van der Waals surface area contributed by atoms with E-state index in [-0.39, 0.29) is 6.04 Å². The van der Waals surface area contributed by atoms with E-state index < -0.39 is 0 Å². The number of likely N-dealkylation sites (N-methyl/N-ethyl adjacent to an activating group) is 1. The first-order chi connectivity index (χ1) is 11.2. The third-order valence-electron chi connectivity index (χ3n) is 5.21. The van der Waals surface area contributed by atoms with Gasteiger partial charge in [-0.15, -0.1) is 0 Å². The number of nitrogens with zero attached hydrogens (tertiary/aromatic N) is 4. The average Bonchev–Trinajstić information content (AvgIpc) is 3.14. The molecule has 1 aromatic rings. The monoisotopic (exact) mass is 320 g/mol. The van der Waals surface area contributed by atoms with E-state index in [9.17, 15) is 4.79 Å². The summed E-state index contributed by atoms with van der Waals surface area (Å²) in [5.74, 6) is 1.37. The van der Waals surface area contributed by atoms with Crippen molar-refractivity contribution in [1.82, 2.24) is 19.4 Å². The van der Waals surface area contributed by atoms with Crippen molar-refractivity contribution in [2.45, 2.75) is 51.2 Å². The molecule has 2 saturated heterocycles. The standard InChI is InChI=1S/C17H28N4O2/c1-14-18-7-11-20(14)9-3-8-19(2)16-4-10-21(17(16)22)15-5-12-23-13-6-15/h7,11,15-16H,3-6,8-10,12-13H2,1-2H3. The summed E-state index contributed by atoms with van der Waals surface area (Å²) in [7, 11) is 2.08. The maximum Gasteiger partial charge on any atom is 0.240 e. The van der Waals surface area contributed by atoms with Gasteiger partial charge in [0, 0.05) is 51.3 Å². The van der Waals surface area contributed by atoms with Gasteiger partial charge in [-0.05, 0) is 39.7 Å². The molecule has 0 spiro atoms. The van der Waals surface area contributed by atoms with Crippen LogP contribution in [0.5, 0.6) is 0 Å². The van der Waals surface area contributed by atoms with Crippen LogP contribution in [0.4, 0.5) is 0 Å². The van der Waals surface area contributed by atoms with Crippen LogP contribution >= 0.6 is 0 Å². The normalized spacial score (nSPS) is 23.2. The molecule has 6 heteroatoms. The lowest BCUT2D eigenvalue weighted by Crippen LogP contribution is -2.45. The molecule has 1 atom stereocenters. The number of hydrogen-bond acceptors (Lipinski definition) is 4. The van der Waals surface area contributed by atoms with Crippen molar-refractivity contribution < 1.29 is 9.53 Å². The smallest absolute Gasteiger partial charge is 0.240 e. The molecule has 3 rings (SSSR count). The Hall–Kier alpha value is -1.40. The van der Waals surface area contributed by atoms with E-state index in [1.54, 1.807) is 0 Å². The van der Waals surface area contributed by atoms with Gasteiger partial charge < -0.3 is 14.2 Å². The second kappa shape index (κ2) is 7.45. The minimum atomic E-state index is 0.0572. The van der Waals surface area contributed by atoms with Crippen LogP contribution in [0.25, 0.3) is 0 Å². The molecule has 1 aromatic heterocycles. The number of carbonyl (C=O) groups is 1. The molecule has 2 fully saturated rings. The van der Waals surface area contributed by atoms with Crippen molar-refractivity contribution in [3.05, 3.63) is 18.2 Å². The van der Waals surface area contributed by atoms with Crippen LogP contribution in [0.1, 0.15) is 31.5 Å². The highest BCUT2D eigenvalue weighted by atomic mass is 16.5. The summed E-state index contributed by atoms with van der Waals surface area (Å²) >= 11 is 0. The van der Waals surface area contributed by atoms with Gasteiger partial charge in [-0.25, -0.2) is 4.98 Å². The summed E-state index contributed by atoms with van der Waals surface area (Å²) in [6, 6.07) is 0.449. The quantitative estimate of drug-likeness (QED) is 0.793. The van der Waals surface area contributed by atoms with Gasteiger partial charge in [0.05, 0.1) is 6.04 Å². The van der Waals surface area contributed by atoms with E-state index in [1.807, 2.05) is 19.3 Å². The second-order valence-corrected chi connectivity index (χ2v) is 6.68. The predicted molar refractivity (Wildman–Crippen MR) is 88.2 cm³/mol. The van der Waals surface area contributed by atoms with Gasteiger partial charge in [-0.2, -0.15) is 0 Å². The third-order valence-corrected chi connectivity index (χ3v) is 5.21. The maximum absolute atomic E-state index is 12.7. The molecule has 3 heterocycles. The summed E-state index contributed by atoms with van der Waals surface area (Å²) in [5.41, 5.74) is 0. The Morgan fingerprint density at radius 3 is 2.83 bits per heavy atom. The fourth-order valence-electron chi connectivity index (χ4n) is 3.74. The zero-order valence-corrected chi connectivity index (χ0v) is 14.3. The minimum Gasteiger partial charge on any atom is -0.381 e. The number of aromatic nitrogens is 2. The molecule has 23 heavy (non-hydrogen) atoms. The van der Waals surface area contributed by atoms with E-state index in [0.717, 1.165) is 64.4 Å². The van der Waals surface area contributed by atoms with Gasteiger partial charge in [0.2, 0.25) is 5.91 Å². The molecular formula is C17H28N4O2. The molecule has 0 bridgehead atoms. The largest absolute Gasteiger partial charge is 0.381 e. The van der Waals surface area contributed by atoms with E-state index in [1.165, 1.54) is 0 Å². The van der Waals surface area contributed by atoms with Gasteiger partial charge in [-0.1, -0.05) is 0 Å². The first-order valence-electron chi connectivity index (χ1n) is 8.73. The SMILES string of the molecule is Cc1nccn1CCCN(C)C1CCN(C2CCOCC2)C1=O. The Labute approximate surface area is 138 Å². The van der Waals surface area contributed by atoms with Crippen molar-refractivity contribution >= 4 is 5.91 Å². The lowest BCUT2D eigenvalue weighted by Gasteiger charge is -2.32. The first-order valence-corrected chi connectivity index (χ1v) is 8.73. The highest BCUT2D eigenvalue weighted by Crippen LogP contribution is 2.23. The molecular weight excluding hydrogens is 292 g/mol. The van der Waals surface area contributed by atoms with Gasteiger partial charge in [0.15, 0.2) is 0 Å². The first kappa shape index (κ1) is 16.5. The number of rotatable bonds is 6. The van der Waals surface area contributed by atoms with E-state index in [0.29, 0.717) is 11.9 Å². The van der Waals surface area contributed by atoms with Crippen LogP contribution in [0.2, 0.25) is 0 Å². The lowest BCUT2D eigenvalue weighted by atomic mass is 10.1. The van der Waals surface area contributed by atoms with Crippen molar-refractivity contribution in [2.75, 3.05) is 33.4 Å². The predicted octanol–water partition coefficient (Wildman–Crippen LogP) is 1.29.